The van der Waals surface area contributed by atoms with Gasteiger partial charge in [0.2, 0.25) is 0 Å². The maximum atomic E-state index is 13.2. The number of likely N-dealkylation sites (tertiary alicyclic amines) is 1. The summed E-state index contributed by atoms with van der Waals surface area (Å²) in [4.78, 5) is 15.2. The zero-order valence-electron chi connectivity index (χ0n) is 13.4. The van der Waals surface area contributed by atoms with Crippen molar-refractivity contribution in [3.05, 3.63) is 42.0 Å². The number of carbonyl (C=O) groups is 1. The average molecular weight is 310 g/mol. The molecule has 0 bridgehead atoms. The van der Waals surface area contributed by atoms with E-state index in [4.69, 9.17) is 4.74 Å². The highest BCUT2D eigenvalue weighted by atomic mass is 16.5. The van der Waals surface area contributed by atoms with Gasteiger partial charge in [0.05, 0.1) is 12.2 Å². The third kappa shape index (κ3) is 2.47. The molecule has 120 valence electrons. The second-order valence-corrected chi connectivity index (χ2v) is 6.48. The van der Waals surface area contributed by atoms with Gasteiger partial charge in [-0.05, 0) is 35.6 Å². The van der Waals surface area contributed by atoms with E-state index in [0.29, 0.717) is 24.2 Å². The predicted octanol–water partition coefficient (Wildman–Crippen LogP) is 2.53. The lowest BCUT2D eigenvalue weighted by molar-refractivity contribution is 0.0779. The van der Waals surface area contributed by atoms with Crippen LogP contribution in [-0.2, 0) is 0 Å². The van der Waals surface area contributed by atoms with Crippen molar-refractivity contribution < 1.29 is 9.53 Å². The van der Waals surface area contributed by atoms with Crippen LogP contribution in [0.5, 0.6) is 5.75 Å². The van der Waals surface area contributed by atoms with Crippen molar-refractivity contribution in [2.45, 2.75) is 6.92 Å². The molecule has 0 saturated carbocycles. The van der Waals surface area contributed by atoms with Crippen molar-refractivity contribution in [1.82, 2.24) is 10.2 Å². The van der Waals surface area contributed by atoms with Gasteiger partial charge in [-0.25, -0.2) is 0 Å². The highest BCUT2D eigenvalue weighted by molar-refractivity contribution is 6.09. The van der Waals surface area contributed by atoms with E-state index in [-0.39, 0.29) is 5.91 Å². The van der Waals surface area contributed by atoms with E-state index in [0.717, 1.165) is 42.5 Å². The maximum absolute atomic E-state index is 13.2. The fraction of sp³-hybridized carbons (Fsp3) is 0.421. The third-order valence-corrected chi connectivity index (χ3v) is 5.08. The molecule has 2 aliphatic heterocycles. The number of benzene rings is 2. The molecule has 0 aliphatic carbocycles. The van der Waals surface area contributed by atoms with E-state index >= 15 is 0 Å². The first-order valence-corrected chi connectivity index (χ1v) is 8.42. The second-order valence-electron chi connectivity index (χ2n) is 6.48. The maximum Gasteiger partial charge on any atom is 0.258 e. The fourth-order valence-electron chi connectivity index (χ4n) is 3.93. The summed E-state index contributed by atoms with van der Waals surface area (Å²) in [5.41, 5.74) is 0.720. The standard InChI is InChI=1S/C19H22N2O2/c1-2-23-17-8-7-13-5-3-4-6-16(13)18(17)19(22)21-11-14-9-20-10-15(14)12-21/h3-8,14-15,20H,2,9-12H2,1H3. The molecule has 0 spiro atoms. The fourth-order valence-corrected chi connectivity index (χ4v) is 3.93. The molecule has 0 radical (unpaired) electrons. The van der Waals surface area contributed by atoms with Crippen molar-refractivity contribution in [1.29, 1.82) is 0 Å². The first kappa shape index (κ1) is 14.5. The Morgan fingerprint density at radius 1 is 1.17 bits per heavy atom. The normalized spacial score (nSPS) is 23.3. The molecule has 2 atom stereocenters. The molecule has 4 rings (SSSR count). The van der Waals surface area contributed by atoms with Gasteiger partial charge in [0.1, 0.15) is 5.75 Å². The number of hydrogen-bond donors (Lipinski definition) is 1. The summed E-state index contributed by atoms with van der Waals surface area (Å²) < 4.78 is 5.76. The summed E-state index contributed by atoms with van der Waals surface area (Å²) >= 11 is 0. The first-order valence-electron chi connectivity index (χ1n) is 8.42. The quantitative estimate of drug-likeness (QED) is 0.947. The zero-order chi connectivity index (χ0) is 15.8. The van der Waals surface area contributed by atoms with E-state index in [2.05, 4.69) is 5.32 Å². The highest BCUT2D eigenvalue weighted by Crippen LogP contribution is 2.33. The Balaban J connectivity index is 1.74. The molecule has 2 aromatic rings. The Morgan fingerprint density at radius 2 is 1.91 bits per heavy atom. The monoisotopic (exact) mass is 310 g/mol. The lowest BCUT2D eigenvalue weighted by atomic mass is 10.0. The Bertz CT molecular complexity index is 731. The molecular formula is C19H22N2O2. The summed E-state index contributed by atoms with van der Waals surface area (Å²) in [6.45, 7) is 6.28. The zero-order valence-corrected chi connectivity index (χ0v) is 13.4. The molecule has 2 aliphatic rings. The van der Waals surface area contributed by atoms with Gasteiger partial charge in [0.25, 0.3) is 5.91 Å². The topological polar surface area (TPSA) is 41.6 Å². The van der Waals surface area contributed by atoms with Crippen molar-refractivity contribution in [2.75, 3.05) is 32.8 Å². The van der Waals surface area contributed by atoms with Crippen LogP contribution in [0.1, 0.15) is 17.3 Å². The van der Waals surface area contributed by atoms with Crippen LogP contribution in [0.25, 0.3) is 10.8 Å². The molecule has 0 aromatic heterocycles. The molecule has 2 unspecified atom stereocenters. The van der Waals surface area contributed by atoms with Gasteiger partial charge in [0, 0.05) is 26.2 Å². The lowest BCUT2D eigenvalue weighted by Gasteiger charge is -2.21. The minimum atomic E-state index is 0.111. The Labute approximate surface area is 136 Å². The summed E-state index contributed by atoms with van der Waals surface area (Å²) in [6.07, 6.45) is 0. The van der Waals surface area contributed by atoms with Gasteiger partial charge >= 0.3 is 0 Å². The van der Waals surface area contributed by atoms with E-state index in [1.54, 1.807) is 0 Å². The molecule has 4 heteroatoms. The summed E-state index contributed by atoms with van der Waals surface area (Å²) in [6, 6.07) is 12.0. The predicted molar refractivity (Wildman–Crippen MR) is 90.9 cm³/mol. The summed E-state index contributed by atoms with van der Waals surface area (Å²) in [5, 5.41) is 5.49. The lowest BCUT2D eigenvalue weighted by Crippen LogP contribution is -2.32. The van der Waals surface area contributed by atoms with E-state index < -0.39 is 0 Å². The number of fused-ring (bicyclic) bond motifs is 2. The van der Waals surface area contributed by atoms with Crippen LogP contribution in [-0.4, -0.2) is 43.6 Å². The average Bonchev–Trinajstić information content (AvgIpc) is 3.16. The van der Waals surface area contributed by atoms with Crippen LogP contribution >= 0.6 is 0 Å². The molecule has 2 aromatic carbocycles. The van der Waals surface area contributed by atoms with Gasteiger partial charge in [-0.3, -0.25) is 4.79 Å². The van der Waals surface area contributed by atoms with E-state index in [1.165, 1.54) is 0 Å². The van der Waals surface area contributed by atoms with Gasteiger partial charge in [0.15, 0.2) is 0 Å². The number of nitrogens with zero attached hydrogens (tertiary/aromatic N) is 1. The molecule has 2 heterocycles. The Hall–Kier alpha value is -2.07. The molecule has 4 nitrogen and oxygen atoms in total. The minimum absolute atomic E-state index is 0.111. The van der Waals surface area contributed by atoms with E-state index in [1.807, 2.05) is 48.2 Å². The first-order chi connectivity index (χ1) is 11.3. The minimum Gasteiger partial charge on any atom is -0.493 e. The van der Waals surface area contributed by atoms with Crippen molar-refractivity contribution in [3.63, 3.8) is 0 Å². The molecule has 1 amide bonds. The molecule has 2 saturated heterocycles. The van der Waals surface area contributed by atoms with Gasteiger partial charge in [-0.2, -0.15) is 0 Å². The number of ether oxygens (including phenoxy) is 1. The van der Waals surface area contributed by atoms with Crippen molar-refractivity contribution in [2.24, 2.45) is 11.8 Å². The highest BCUT2D eigenvalue weighted by Gasteiger charge is 2.39. The number of carbonyl (C=O) groups excluding carboxylic acids is 1. The molecule has 2 fully saturated rings. The van der Waals surface area contributed by atoms with Crippen LogP contribution in [0.2, 0.25) is 0 Å². The molecule has 23 heavy (non-hydrogen) atoms. The van der Waals surface area contributed by atoms with E-state index in [9.17, 15) is 4.79 Å². The number of hydrogen-bond acceptors (Lipinski definition) is 3. The van der Waals surface area contributed by atoms with Crippen LogP contribution in [0.3, 0.4) is 0 Å². The molecule has 1 N–H and O–H groups in total. The van der Waals surface area contributed by atoms with Crippen LogP contribution in [0, 0.1) is 11.8 Å². The van der Waals surface area contributed by atoms with Gasteiger partial charge < -0.3 is 15.0 Å². The third-order valence-electron chi connectivity index (χ3n) is 5.08. The van der Waals surface area contributed by atoms with Crippen LogP contribution < -0.4 is 10.1 Å². The van der Waals surface area contributed by atoms with Gasteiger partial charge in [-0.15, -0.1) is 0 Å². The Kier molecular flexibility index (Phi) is 3.69. The number of rotatable bonds is 3. The summed E-state index contributed by atoms with van der Waals surface area (Å²) in [7, 11) is 0. The van der Waals surface area contributed by atoms with Crippen molar-refractivity contribution in [3.8, 4) is 5.75 Å². The smallest absolute Gasteiger partial charge is 0.258 e. The van der Waals surface area contributed by atoms with Gasteiger partial charge in [-0.1, -0.05) is 30.3 Å². The largest absolute Gasteiger partial charge is 0.493 e. The number of amides is 1. The number of nitrogens with one attached hydrogen (secondary N) is 1. The Morgan fingerprint density at radius 3 is 2.65 bits per heavy atom. The van der Waals surface area contributed by atoms with Crippen molar-refractivity contribution >= 4 is 16.7 Å². The van der Waals surface area contributed by atoms with Crippen LogP contribution in [0.4, 0.5) is 0 Å². The molecular weight excluding hydrogens is 288 g/mol. The SMILES string of the molecule is CCOc1ccc2ccccc2c1C(=O)N1CC2CNCC2C1. The summed E-state index contributed by atoms with van der Waals surface area (Å²) in [5.74, 6) is 2.01. The second kappa shape index (κ2) is 5.85. The van der Waals surface area contributed by atoms with Crippen LogP contribution in [0.15, 0.2) is 36.4 Å².